The predicted octanol–water partition coefficient (Wildman–Crippen LogP) is 2.98. The zero-order chi connectivity index (χ0) is 19.2. The quantitative estimate of drug-likeness (QED) is 0.596. The Morgan fingerprint density at radius 3 is 2.74 bits per heavy atom. The Labute approximate surface area is 161 Å². The molecule has 2 aromatic heterocycles. The van der Waals surface area contributed by atoms with Crippen molar-refractivity contribution in [2.24, 2.45) is 7.05 Å². The lowest BCUT2D eigenvalue weighted by Crippen LogP contribution is -2.20. The second kappa shape index (κ2) is 8.75. The zero-order valence-electron chi connectivity index (χ0n) is 15.1. The average molecular weight is 384 g/mol. The van der Waals surface area contributed by atoms with Gasteiger partial charge in [0, 0.05) is 12.8 Å². The van der Waals surface area contributed by atoms with Gasteiger partial charge in [0.05, 0.1) is 30.4 Å². The molecule has 2 heterocycles. The van der Waals surface area contributed by atoms with Gasteiger partial charge in [-0.05, 0) is 30.7 Å². The van der Waals surface area contributed by atoms with Crippen LogP contribution in [0.15, 0.2) is 46.2 Å². The first-order valence-corrected chi connectivity index (χ1v) is 9.40. The third kappa shape index (κ3) is 4.70. The van der Waals surface area contributed by atoms with E-state index in [0.29, 0.717) is 23.1 Å². The predicted molar refractivity (Wildman–Crippen MR) is 101 cm³/mol. The number of benzene rings is 1. The van der Waals surface area contributed by atoms with Crippen LogP contribution in [0.4, 0.5) is 0 Å². The SMILES string of the molecule is Cc1occc1-c1nnc(SC[C@H](O)COc2ccc(CC#N)cc2)n1C. The monoisotopic (exact) mass is 384 g/mol. The number of furan rings is 1. The highest BCUT2D eigenvalue weighted by molar-refractivity contribution is 7.99. The van der Waals surface area contributed by atoms with Gasteiger partial charge in [0.25, 0.3) is 0 Å². The molecule has 1 N–H and O–H groups in total. The number of thioether (sulfide) groups is 1. The minimum atomic E-state index is -0.649. The number of rotatable bonds is 8. The van der Waals surface area contributed by atoms with Crippen molar-refractivity contribution in [1.29, 1.82) is 5.26 Å². The summed E-state index contributed by atoms with van der Waals surface area (Å²) in [7, 11) is 1.88. The number of nitrogens with zero attached hydrogens (tertiary/aromatic N) is 4. The van der Waals surface area contributed by atoms with E-state index < -0.39 is 6.10 Å². The van der Waals surface area contributed by atoms with E-state index in [9.17, 15) is 5.11 Å². The Kier molecular flexibility index (Phi) is 6.16. The molecule has 1 aromatic carbocycles. The highest BCUT2D eigenvalue weighted by Crippen LogP contribution is 2.26. The van der Waals surface area contributed by atoms with E-state index in [-0.39, 0.29) is 6.61 Å². The topological polar surface area (TPSA) is 97.1 Å². The van der Waals surface area contributed by atoms with Crippen LogP contribution in [0.2, 0.25) is 0 Å². The van der Waals surface area contributed by atoms with Crippen molar-refractivity contribution in [3.63, 3.8) is 0 Å². The van der Waals surface area contributed by atoms with Crippen molar-refractivity contribution in [1.82, 2.24) is 14.8 Å². The Morgan fingerprint density at radius 1 is 1.30 bits per heavy atom. The normalized spacial score (nSPS) is 11.9. The summed E-state index contributed by atoms with van der Waals surface area (Å²) in [4.78, 5) is 0. The Morgan fingerprint density at radius 2 is 2.07 bits per heavy atom. The van der Waals surface area contributed by atoms with Crippen molar-refractivity contribution in [2.75, 3.05) is 12.4 Å². The van der Waals surface area contributed by atoms with Gasteiger partial charge >= 0.3 is 0 Å². The fraction of sp³-hybridized carbons (Fsp3) is 0.316. The molecular weight excluding hydrogens is 364 g/mol. The number of aromatic nitrogens is 3. The Bertz CT molecular complexity index is 927. The minimum Gasteiger partial charge on any atom is -0.491 e. The Hall–Kier alpha value is -2.76. The number of hydrogen-bond donors (Lipinski definition) is 1. The molecule has 7 nitrogen and oxygen atoms in total. The van der Waals surface area contributed by atoms with Crippen molar-refractivity contribution in [3.8, 4) is 23.2 Å². The summed E-state index contributed by atoms with van der Waals surface area (Å²) < 4.78 is 12.8. The molecular formula is C19H20N4O3S. The molecule has 0 saturated carbocycles. The first-order valence-electron chi connectivity index (χ1n) is 8.42. The molecule has 0 amide bonds. The van der Waals surface area contributed by atoms with E-state index >= 15 is 0 Å². The van der Waals surface area contributed by atoms with Crippen LogP contribution in [-0.2, 0) is 13.5 Å². The standard InChI is InChI=1S/C19H20N4O3S/c1-13-17(8-10-25-13)18-21-22-19(23(18)2)27-12-15(24)11-26-16-5-3-14(4-6-16)7-9-20/h3-6,8,10,15,24H,7,11-12H2,1-2H3/t15-/m1/s1. The molecule has 0 saturated heterocycles. The van der Waals surface area contributed by atoms with E-state index in [2.05, 4.69) is 16.3 Å². The van der Waals surface area contributed by atoms with Crippen LogP contribution in [0.1, 0.15) is 11.3 Å². The van der Waals surface area contributed by atoms with E-state index in [1.54, 1.807) is 18.4 Å². The molecule has 0 fully saturated rings. The van der Waals surface area contributed by atoms with E-state index in [4.69, 9.17) is 14.4 Å². The van der Waals surface area contributed by atoms with Gasteiger partial charge in [-0.2, -0.15) is 5.26 Å². The summed E-state index contributed by atoms with van der Waals surface area (Å²) in [5.41, 5.74) is 1.84. The summed E-state index contributed by atoms with van der Waals surface area (Å²) in [6, 6.07) is 11.3. The van der Waals surface area contributed by atoms with E-state index in [1.165, 1.54) is 11.8 Å². The van der Waals surface area contributed by atoms with E-state index in [1.807, 2.05) is 36.7 Å². The summed E-state index contributed by atoms with van der Waals surface area (Å²) in [5, 5.41) is 28.0. The fourth-order valence-electron chi connectivity index (χ4n) is 2.50. The lowest BCUT2D eigenvalue weighted by atomic mass is 10.2. The molecule has 0 bridgehead atoms. The molecule has 0 unspecified atom stereocenters. The third-order valence-corrected chi connectivity index (χ3v) is 5.15. The lowest BCUT2D eigenvalue weighted by molar-refractivity contribution is 0.126. The summed E-state index contributed by atoms with van der Waals surface area (Å²) >= 11 is 1.42. The number of hydrogen-bond acceptors (Lipinski definition) is 7. The average Bonchev–Trinajstić information content (AvgIpc) is 3.25. The maximum absolute atomic E-state index is 10.2. The van der Waals surface area contributed by atoms with Crippen molar-refractivity contribution in [3.05, 3.63) is 47.9 Å². The molecule has 1 atom stereocenters. The maximum atomic E-state index is 10.2. The first-order chi connectivity index (χ1) is 13.1. The number of aryl methyl sites for hydroxylation is 1. The van der Waals surface area contributed by atoms with Gasteiger partial charge in [-0.15, -0.1) is 10.2 Å². The minimum absolute atomic E-state index is 0.177. The highest BCUT2D eigenvalue weighted by atomic mass is 32.2. The van der Waals surface area contributed by atoms with Crippen LogP contribution in [-0.4, -0.2) is 38.3 Å². The molecule has 0 spiro atoms. The van der Waals surface area contributed by atoms with Crippen LogP contribution in [0.5, 0.6) is 5.75 Å². The molecule has 3 aromatic rings. The summed E-state index contributed by atoms with van der Waals surface area (Å²) in [6.07, 6.45) is 1.35. The fourth-order valence-corrected chi connectivity index (χ4v) is 3.31. The molecule has 0 aliphatic carbocycles. The molecule has 0 aliphatic heterocycles. The zero-order valence-corrected chi connectivity index (χ0v) is 15.9. The van der Waals surface area contributed by atoms with Crippen LogP contribution >= 0.6 is 11.8 Å². The van der Waals surface area contributed by atoms with Crippen LogP contribution in [0, 0.1) is 18.3 Å². The largest absolute Gasteiger partial charge is 0.491 e. The van der Waals surface area contributed by atoms with Crippen molar-refractivity contribution < 1.29 is 14.3 Å². The number of nitriles is 1. The van der Waals surface area contributed by atoms with Gasteiger partial charge in [-0.25, -0.2) is 0 Å². The molecule has 3 rings (SSSR count). The van der Waals surface area contributed by atoms with Crippen LogP contribution < -0.4 is 4.74 Å². The molecule has 0 aliphatic rings. The number of aliphatic hydroxyl groups excluding tert-OH is 1. The van der Waals surface area contributed by atoms with Gasteiger partial charge in [-0.1, -0.05) is 23.9 Å². The highest BCUT2D eigenvalue weighted by Gasteiger charge is 2.16. The van der Waals surface area contributed by atoms with Crippen molar-refractivity contribution in [2.45, 2.75) is 24.6 Å². The van der Waals surface area contributed by atoms with Crippen LogP contribution in [0.25, 0.3) is 11.4 Å². The second-order valence-electron chi connectivity index (χ2n) is 6.01. The molecule has 140 valence electrons. The number of ether oxygens (including phenoxy) is 1. The smallest absolute Gasteiger partial charge is 0.191 e. The number of aliphatic hydroxyl groups is 1. The van der Waals surface area contributed by atoms with Gasteiger partial charge in [0.1, 0.15) is 18.1 Å². The van der Waals surface area contributed by atoms with E-state index in [0.717, 1.165) is 22.7 Å². The molecule has 27 heavy (non-hydrogen) atoms. The van der Waals surface area contributed by atoms with Gasteiger partial charge in [-0.3, -0.25) is 0 Å². The van der Waals surface area contributed by atoms with Crippen LogP contribution in [0.3, 0.4) is 0 Å². The van der Waals surface area contributed by atoms with Gasteiger partial charge in [0.15, 0.2) is 11.0 Å². The second-order valence-corrected chi connectivity index (χ2v) is 7.00. The third-order valence-electron chi connectivity index (χ3n) is 3.99. The Balaban J connectivity index is 1.51. The maximum Gasteiger partial charge on any atom is 0.191 e. The van der Waals surface area contributed by atoms with Gasteiger partial charge in [0.2, 0.25) is 0 Å². The lowest BCUT2D eigenvalue weighted by Gasteiger charge is -2.12. The van der Waals surface area contributed by atoms with Crippen molar-refractivity contribution >= 4 is 11.8 Å². The summed E-state index contributed by atoms with van der Waals surface area (Å²) in [6.45, 7) is 2.06. The van der Waals surface area contributed by atoms with Gasteiger partial charge < -0.3 is 18.8 Å². The first kappa shape index (κ1) is 19.0. The molecule has 8 heteroatoms. The summed E-state index contributed by atoms with van der Waals surface area (Å²) in [5.74, 6) is 2.61. The molecule has 0 radical (unpaired) electrons.